The van der Waals surface area contributed by atoms with Gasteiger partial charge in [-0.25, -0.2) is 0 Å². The van der Waals surface area contributed by atoms with Gasteiger partial charge in [-0.3, -0.25) is 9.59 Å². The number of hydrogen-bond donors (Lipinski definition) is 1. The Hall–Kier alpha value is -1.50. The third kappa shape index (κ3) is 2.66. The molecular formula is C14H20N2O2. The highest BCUT2D eigenvalue weighted by atomic mass is 16.2. The maximum absolute atomic E-state index is 12.3. The number of carbonyl (C=O) groups is 2. The predicted octanol–water partition coefficient (Wildman–Crippen LogP) is 0.915. The van der Waals surface area contributed by atoms with Gasteiger partial charge in [0.1, 0.15) is 12.1 Å². The lowest BCUT2D eigenvalue weighted by atomic mass is 10.0. The number of hydrogen-bond acceptors (Lipinski definition) is 2. The summed E-state index contributed by atoms with van der Waals surface area (Å²) in [6.45, 7) is 2.43. The number of nitrogens with zero attached hydrogens (tertiary/aromatic N) is 1. The number of nitrogens with one attached hydrogen (secondary N) is 1. The average molecular weight is 248 g/mol. The summed E-state index contributed by atoms with van der Waals surface area (Å²) in [6.07, 6.45) is 9.81. The molecule has 0 bridgehead atoms. The molecule has 1 aliphatic heterocycles. The van der Waals surface area contributed by atoms with Gasteiger partial charge in [0, 0.05) is 13.0 Å². The van der Waals surface area contributed by atoms with E-state index in [4.69, 9.17) is 6.42 Å². The van der Waals surface area contributed by atoms with Crippen molar-refractivity contribution in [2.45, 2.75) is 51.1 Å². The molecule has 1 N–H and O–H groups in total. The molecule has 2 unspecified atom stereocenters. The molecule has 0 aromatic rings. The fourth-order valence-electron chi connectivity index (χ4n) is 2.41. The van der Waals surface area contributed by atoms with Crippen LogP contribution >= 0.6 is 0 Å². The van der Waals surface area contributed by atoms with Crippen molar-refractivity contribution < 1.29 is 9.59 Å². The van der Waals surface area contributed by atoms with Gasteiger partial charge in [-0.05, 0) is 38.5 Å². The molecule has 0 radical (unpaired) electrons. The molecule has 98 valence electrons. The molecular weight excluding hydrogens is 228 g/mol. The molecule has 1 saturated heterocycles. The van der Waals surface area contributed by atoms with Crippen LogP contribution in [0, 0.1) is 18.3 Å². The van der Waals surface area contributed by atoms with Crippen molar-refractivity contribution in [3.05, 3.63) is 0 Å². The molecule has 2 aliphatic rings. The lowest BCUT2D eigenvalue weighted by Crippen LogP contribution is -2.63. The maximum atomic E-state index is 12.3. The van der Waals surface area contributed by atoms with Crippen molar-refractivity contribution in [3.8, 4) is 12.3 Å². The van der Waals surface area contributed by atoms with Gasteiger partial charge in [0.25, 0.3) is 0 Å². The number of terminal acetylenes is 1. The highest BCUT2D eigenvalue weighted by Gasteiger charge is 2.45. The highest BCUT2D eigenvalue weighted by molar-refractivity contribution is 5.97. The predicted molar refractivity (Wildman–Crippen MR) is 68.5 cm³/mol. The smallest absolute Gasteiger partial charge is 0.246 e. The molecule has 0 aromatic carbocycles. The van der Waals surface area contributed by atoms with Crippen LogP contribution in [0.3, 0.4) is 0 Å². The summed E-state index contributed by atoms with van der Waals surface area (Å²) in [4.78, 5) is 25.9. The van der Waals surface area contributed by atoms with Crippen LogP contribution in [0.25, 0.3) is 0 Å². The van der Waals surface area contributed by atoms with E-state index < -0.39 is 0 Å². The minimum Gasteiger partial charge on any atom is -0.342 e. The minimum atomic E-state index is -0.349. The number of unbranched alkanes of at least 4 members (excludes halogenated alkanes) is 2. The second kappa shape index (κ2) is 5.43. The number of carbonyl (C=O) groups excluding carboxylic acids is 2. The lowest BCUT2D eigenvalue weighted by Gasteiger charge is -2.37. The van der Waals surface area contributed by atoms with E-state index in [0.717, 1.165) is 32.1 Å². The minimum absolute atomic E-state index is 0.0246. The third-order valence-electron chi connectivity index (χ3n) is 3.76. The summed E-state index contributed by atoms with van der Waals surface area (Å²) in [5.41, 5.74) is 0. The second-order valence-electron chi connectivity index (χ2n) is 5.19. The normalized spacial score (nSPS) is 27.9. The summed E-state index contributed by atoms with van der Waals surface area (Å²) in [6, 6.07) is -0.625. The van der Waals surface area contributed by atoms with Gasteiger partial charge in [-0.2, -0.15) is 0 Å². The van der Waals surface area contributed by atoms with Gasteiger partial charge in [0.2, 0.25) is 11.8 Å². The quantitative estimate of drug-likeness (QED) is 0.581. The fraction of sp³-hybridized carbons (Fsp3) is 0.714. The van der Waals surface area contributed by atoms with Crippen molar-refractivity contribution >= 4 is 11.8 Å². The molecule has 1 heterocycles. The zero-order valence-corrected chi connectivity index (χ0v) is 10.8. The van der Waals surface area contributed by atoms with E-state index >= 15 is 0 Å². The Kier molecular flexibility index (Phi) is 3.90. The van der Waals surface area contributed by atoms with Crippen molar-refractivity contribution in [1.29, 1.82) is 0 Å². The Morgan fingerprint density at radius 2 is 2.11 bits per heavy atom. The van der Waals surface area contributed by atoms with E-state index in [1.54, 1.807) is 11.8 Å². The van der Waals surface area contributed by atoms with Gasteiger partial charge in [-0.15, -0.1) is 12.3 Å². The molecule has 0 aromatic heterocycles. The number of rotatable bonds is 5. The first-order chi connectivity index (χ1) is 8.65. The molecule has 2 atom stereocenters. The van der Waals surface area contributed by atoms with Crippen molar-refractivity contribution in [3.63, 3.8) is 0 Å². The van der Waals surface area contributed by atoms with Crippen LogP contribution in [0.15, 0.2) is 0 Å². The van der Waals surface area contributed by atoms with E-state index in [1.165, 1.54) is 0 Å². The van der Waals surface area contributed by atoms with Crippen LogP contribution in [0.5, 0.6) is 0 Å². The van der Waals surface area contributed by atoms with Gasteiger partial charge in [0.15, 0.2) is 0 Å². The van der Waals surface area contributed by atoms with Crippen LogP contribution in [0.4, 0.5) is 0 Å². The summed E-state index contributed by atoms with van der Waals surface area (Å²) >= 11 is 0. The molecule has 2 fully saturated rings. The van der Waals surface area contributed by atoms with E-state index in [1.807, 2.05) is 0 Å². The van der Waals surface area contributed by atoms with Crippen LogP contribution in [-0.4, -0.2) is 35.3 Å². The summed E-state index contributed by atoms with van der Waals surface area (Å²) in [5, 5.41) is 2.85. The second-order valence-corrected chi connectivity index (χ2v) is 5.19. The van der Waals surface area contributed by atoms with Crippen molar-refractivity contribution in [2.24, 2.45) is 5.92 Å². The van der Waals surface area contributed by atoms with Gasteiger partial charge >= 0.3 is 0 Å². The van der Waals surface area contributed by atoms with E-state index in [0.29, 0.717) is 12.5 Å². The molecule has 4 nitrogen and oxygen atoms in total. The molecule has 0 spiro atoms. The molecule has 2 rings (SSSR count). The van der Waals surface area contributed by atoms with Crippen LogP contribution in [0.1, 0.15) is 39.0 Å². The largest absolute Gasteiger partial charge is 0.342 e. The van der Waals surface area contributed by atoms with Gasteiger partial charge < -0.3 is 10.2 Å². The van der Waals surface area contributed by atoms with E-state index in [-0.39, 0.29) is 23.9 Å². The Morgan fingerprint density at radius 3 is 2.72 bits per heavy atom. The number of piperazine rings is 1. The standard InChI is InChI=1S/C14H20N2O2/c1-3-4-5-6-9-16-10(2)13(17)15-12(14(16)18)11-7-8-11/h1,10-12H,4-9H2,2H3,(H,15,17). The fourth-order valence-corrected chi connectivity index (χ4v) is 2.41. The van der Waals surface area contributed by atoms with Gasteiger partial charge in [0.05, 0.1) is 0 Å². The van der Waals surface area contributed by atoms with Crippen molar-refractivity contribution in [2.75, 3.05) is 6.54 Å². The maximum Gasteiger partial charge on any atom is 0.246 e. The first-order valence-corrected chi connectivity index (χ1v) is 6.69. The Balaban J connectivity index is 1.94. The first-order valence-electron chi connectivity index (χ1n) is 6.69. The zero-order chi connectivity index (χ0) is 13.1. The van der Waals surface area contributed by atoms with Crippen LogP contribution < -0.4 is 5.32 Å². The molecule has 1 saturated carbocycles. The molecule has 1 aliphatic carbocycles. The van der Waals surface area contributed by atoms with Crippen LogP contribution in [0.2, 0.25) is 0 Å². The van der Waals surface area contributed by atoms with Crippen molar-refractivity contribution in [1.82, 2.24) is 10.2 Å². The Morgan fingerprint density at radius 1 is 1.39 bits per heavy atom. The van der Waals surface area contributed by atoms with Crippen LogP contribution in [-0.2, 0) is 9.59 Å². The third-order valence-corrected chi connectivity index (χ3v) is 3.76. The first kappa shape index (κ1) is 12.9. The summed E-state index contributed by atoms with van der Waals surface area (Å²) in [7, 11) is 0. The summed E-state index contributed by atoms with van der Waals surface area (Å²) < 4.78 is 0. The van der Waals surface area contributed by atoms with E-state index in [9.17, 15) is 9.59 Å². The summed E-state index contributed by atoms with van der Waals surface area (Å²) in [5.74, 6) is 3.02. The zero-order valence-electron chi connectivity index (χ0n) is 10.8. The molecule has 4 heteroatoms. The topological polar surface area (TPSA) is 49.4 Å². The number of amides is 2. The van der Waals surface area contributed by atoms with E-state index in [2.05, 4.69) is 11.2 Å². The monoisotopic (exact) mass is 248 g/mol. The van der Waals surface area contributed by atoms with Gasteiger partial charge in [-0.1, -0.05) is 0 Å². The highest BCUT2D eigenvalue weighted by Crippen LogP contribution is 2.35. The molecule has 18 heavy (non-hydrogen) atoms. The lowest BCUT2D eigenvalue weighted by molar-refractivity contribution is -0.149. The molecule has 2 amide bonds. The Bertz CT molecular complexity index is 382. The Labute approximate surface area is 108 Å². The SMILES string of the molecule is C#CCCCCN1C(=O)C(C2CC2)NC(=O)C1C. The average Bonchev–Trinajstić information content (AvgIpc) is 3.17.